The zero-order valence-corrected chi connectivity index (χ0v) is 22.0. The molecule has 2 heterocycles. The highest BCUT2D eigenvalue weighted by Gasteiger charge is 2.38. The third-order valence-electron chi connectivity index (χ3n) is 6.68. The second-order valence-electron chi connectivity index (χ2n) is 9.66. The number of nitrogens with one attached hydrogen (secondary N) is 2. The molecule has 8 nitrogen and oxygen atoms in total. The number of carboxylic acid groups (broad SMARTS) is 1. The second-order valence-corrected chi connectivity index (χ2v) is 9.66. The van der Waals surface area contributed by atoms with Crippen LogP contribution in [0.3, 0.4) is 0 Å². The SMILES string of the molecule is NC(=O)c1ccc2c(c1)NC(=O)C2=C(Nc1ccc(CN2CCCCC2)cc1)c1ccccc1.O=C(O)C(F)(F)F. The number of nitrogens with zero attached hydrogens (tertiary/aromatic N) is 1. The van der Waals surface area contributed by atoms with Gasteiger partial charge in [0.2, 0.25) is 5.91 Å². The van der Waals surface area contributed by atoms with Crippen molar-refractivity contribution in [3.8, 4) is 0 Å². The van der Waals surface area contributed by atoms with Crippen molar-refractivity contribution in [3.63, 3.8) is 0 Å². The molecule has 0 atom stereocenters. The zero-order chi connectivity index (χ0) is 29.6. The fraction of sp³-hybridized carbons (Fsp3) is 0.233. The molecule has 1 saturated heterocycles. The van der Waals surface area contributed by atoms with Gasteiger partial charge < -0.3 is 21.5 Å². The number of carboxylic acids is 1. The van der Waals surface area contributed by atoms with Crippen molar-refractivity contribution in [2.45, 2.75) is 32.0 Å². The average molecular weight is 567 g/mol. The highest BCUT2D eigenvalue weighted by atomic mass is 19.4. The summed E-state index contributed by atoms with van der Waals surface area (Å²) in [4.78, 5) is 36.1. The number of rotatable bonds is 6. The van der Waals surface area contributed by atoms with Crippen LogP contribution in [0, 0.1) is 0 Å². The molecule has 41 heavy (non-hydrogen) atoms. The lowest BCUT2D eigenvalue weighted by Gasteiger charge is -2.26. The van der Waals surface area contributed by atoms with Crippen molar-refractivity contribution < 1.29 is 32.7 Å². The van der Waals surface area contributed by atoms with Gasteiger partial charge in [0.1, 0.15) is 0 Å². The molecule has 3 aromatic carbocycles. The summed E-state index contributed by atoms with van der Waals surface area (Å²) in [7, 11) is 0. The van der Waals surface area contributed by atoms with Crippen LogP contribution in [0.15, 0.2) is 72.8 Å². The van der Waals surface area contributed by atoms with Crippen molar-refractivity contribution >= 4 is 40.4 Å². The number of carbonyl (C=O) groups is 3. The molecule has 0 unspecified atom stereocenters. The zero-order valence-electron chi connectivity index (χ0n) is 22.0. The number of halogens is 3. The number of carbonyl (C=O) groups excluding carboxylic acids is 2. The first-order valence-corrected chi connectivity index (χ1v) is 13.0. The minimum absolute atomic E-state index is 0.218. The Hall–Kier alpha value is -4.64. The normalized spacial score (nSPS) is 16.1. The molecular formula is C30H29F3N4O4. The van der Waals surface area contributed by atoms with E-state index in [9.17, 15) is 22.8 Å². The lowest BCUT2D eigenvalue weighted by atomic mass is 9.99. The van der Waals surface area contributed by atoms with Gasteiger partial charge in [-0.15, -0.1) is 0 Å². The van der Waals surface area contributed by atoms with Gasteiger partial charge in [-0.3, -0.25) is 14.5 Å². The van der Waals surface area contributed by atoms with E-state index in [1.807, 2.05) is 30.3 Å². The molecule has 2 aliphatic heterocycles. The van der Waals surface area contributed by atoms with Crippen LogP contribution in [0.1, 0.15) is 46.3 Å². The van der Waals surface area contributed by atoms with Crippen LogP contribution < -0.4 is 16.4 Å². The molecule has 1 fully saturated rings. The van der Waals surface area contributed by atoms with Crippen molar-refractivity contribution in [1.82, 2.24) is 4.90 Å². The average Bonchev–Trinajstić information content (AvgIpc) is 3.28. The summed E-state index contributed by atoms with van der Waals surface area (Å²) in [5.41, 5.74) is 11.4. The Morgan fingerprint density at radius 1 is 0.927 bits per heavy atom. The molecule has 3 aromatic rings. The van der Waals surface area contributed by atoms with Crippen molar-refractivity contribution in [2.75, 3.05) is 23.7 Å². The maximum Gasteiger partial charge on any atom is 0.490 e. The van der Waals surface area contributed by atoms with E-state index in [1.54, 1.807) is 18.2 Å². The maximum atomic E-state index is 13.1. The van der Waals surface area contributed by atoms with E-state index in [1.165, 1.54) is 24.8 Å². The number of hydrogen-bond donors (Lipinski definition) is 4. The Kier molecular flexibility index (Phi) is 9.08. The third-order valence-corrected chi connectivity index (χ3v) is 6.68. The van der Waals surface area contributed by atoms with Crippen molar-refractivity contribution in [3.05, 3.63) is 95.1 Å². The van der Waals surface area contributed by atoms with E-state index in [4.69, 9.17) is 15.6 Å². The Bertz CT molecular complexity index is 1450. The quantitative estimate of drug-likeness (QED) is 0.299. The van der Waals surface area contributed by atoms with Gasteiger partial charge in [0, 0.05) is 29.0 Å². The minimum Gasteiger partial charge on any atom is -0.475 e. The molecule has 2 amide bonds. The van der Waals surface area contributed by atoms with Crippen LogP contribution >= 0.6 is 0 Å². The van der Waals surface area contributed by atoms with Gasteiger partial charge in [-0.2, -0.15) is 13.2 Å². The highest BCUT2D eigenvalue weighted by Crippen LogP contribution is 2.38. The lowest BCUT2D eigenvalue weighted by Crippen LogP contribution is -2.29. The number of fused-ring (bicyclic) bond motifs is 1. The van der Waals surface area contributed by atoms with E-state index in [2.05, 4.69) is 39.8 Å². The fourth-order valence-electron chi connectivity index (χ4n) is 4.67. The van der Waals surface area contributed by atoms with Crippen LogP contribution in [0.25, 0.3) is 11.3 Å². The summed E-state index contributed by atoms with van der Waals surface area (Å²) in [6.07, 6.45) is -1.20. The van der Waals surface area contributed by atoms with Crippen LogP contribution in [-0.4, -0.2) is 47.1 Å². The predicted octanol–water partition coefficient (Wildman–Crippen LogP) is 5.34. The summed E-state index contributed by atoms with van der Waals surface area (Å²) >= 11 is 0. The number of anilines is 2. The maximum absolute atomic E-state index is 13.1. The molecule has 0 radical (unpaired) electrons. The van der Waals surface area contributed by atoms with Crippen LogP contribution in [-0.2, 0) is 16.1 Å². The van der Waals surface area contributed by atoms with E-state index >= 15 is 0 Å². The van der Waals surface area contributed by atoms with Crippen molar-refractivity contribution in [1.29, 1.82) is 0 Å². The van der Waals surface area contributed by atoms with E-state index in [0.717, 1.165) is 36.4 Å². The van der Waals surface area contributed by atoms with Gasteiger partial charge in [0.15, 0.2) is 0 Å². The first-order valence-electron chi connectivity index (χ1n) is 13.0. The summed E-state index contributed by atoms with van der Waals surface area (Å²) < 4.78 is 31.7. The van der Waals surface area contributed by atoms with E-state index in [0.29, 0.717) is 22.5 Å². The standard InChI is InChI=1S/C28H28N4O2.C2HF3O2/c29-27(33)21-11-14-23-24(17-21)31-28(34)25(23)26(20-7-3-1-4-8-20)30-22-12-9-19(10-13-22)18-32-15-5-2-6-16-32;3-2(4,5)1(6)7/h1,3-4,7-14,17,30H,2,5-6,15-16,18H2,(H2,29,33)(H,31,34);(H,6,7). The smallest absolute Gasteiger partial charge is 0.475 e. The first kappa shape index (κ1) is 29.3. The van der Waals surface area contributed by atoms with Gasteiger partial charge in [0.05, 0.1) is 11.3 Å². The van der Waals surface area contributed by atoms with Crippen molar-refractivity contribution in [2.24, 2.45) is 5.73 Å². The first-order chi connectivity index (χ1) is 19.5. The topological polar surface area (TPSA) is 125 Å². The third kappa shape index (κ3) is 7.52. The number of benzene rings is 3. The number of primary amides is 1. The molecule has 5 rings (SSSR count). The number of nitrogens with two attached hydrogens (primary N) is 1. The summed E-state index contributed by atoms with van der Waals surface area (Å²) in [5, 5.41) is 13.5. The molecule has 0 spiro atoms. The number of likely N-dealkylation sites (tertiary alicyclic amines) is 1. The lowest BCUT2D eigenvalue weighted by molar-refractivity contribution is -0.192. The van der Waals surface area contributed by atoms with Crippen LogP contribution in [0.5, 0.6) is 0 Å². The molecule has 2 aliphatic rings. The summed E-state index contributed by atoms with van der Waals surface area (Å²) in [5.74, 6) is -3.50. The molecule has 214 valence electrons. The molecule has 0 aliphatic carbocycles. The molecular weight excluding hydrogens is 537 g/mol. The number of amides is 2. The highest BCUT2D eigenvalue weighted by molar-refractivity contribution is 6.37. The number of piperidine rings is 1. The monoisotopic (exact) mass is 566 g/mol. The van der Waals surface area contributed by atoms with Crippen LogP contribution in [0.2, 0.25) is 0 Å². The van der Waals surface area contributed by atoms with Gasteiger partial charge in [-0.1, -0.05) is 55.0 Å². The largest absolute Gasteiger partial charge is 0.490 e. The Balaban J connectivity index is 0.000000493. The molecule has 5 N–H and O–H groups in total. The fourth-order valence-corrected chi connectivity index (χ4v) is 4.67. The number of aliphatic carboxylic acids is 1. The molecule has 0 aromatic heterocycles. The minimum atomic E-state index is -5.08. The molecule has 0 saturated carbocycles. The summed E-state index contributed by atoms with van der Waals surface area (Å²) in [6, 6.07) is 23.3. The number of hydrogen-bond acceptors (Lipinski definition) is 5. The van der Waals surface area contributed by atoms with Gasteiger partial charge >= 0.3 is 12.1 Å². The second kappa shape index (κ2) is 12.7. The predicted molar refractivity (Wildman–Crippen MR) is 150 cm³/mol. The number of alkyl halides is 3. The Morgan fingerprint density at radius 2 is 1.56 bits per heavy atom. The summed E-state index contributed by atoms with van der Waals surface area (Å²) in [6.45, 7) is 3.29. The molecule has 11 heteroatoms. The van der Waals surface area contributed by atoms with E-state index in [-0.39, 0.29) is 5.91 Å². The molecule has 0 bridgehead atoms. The van der Waals surface area contributed by atoms with Gasteiger partial charge in [0.25, 0.3) is 5.91 Å². The Morgan fingerprint density at radius 3 is 2.15 bits per heavy atom. The Labute approximate surface area is 234 Å². The van der Waals surface area contributed by atoms with Gasteiger partial charge in [-0.05, 0) is 61.3 Å². The van der Waals surface area contributed by atoms with Crippen LogP contribution in [0.4, 0.5) is 24.5 Å². The van der Waals surface area contributed by atoms with E-state index < -0.39 is 18.1 Å². The van der Waals surface area contributed by atoms with Gasteiger partial charge in [-0.25, -0.2) is 4.79 Å².